The van der Waals surface area contributed by atoms with Crippen LogP contribution in [0.15, 0.2) is 22.7 Å². The van der Waals surface area contributed by atoms with E-state index in [0.717, 1.165) is 17.3 Å². The lowest BCUT2D eigenvalue weighted by Gasteiger charge is -2.17. The van der Waals surface area contributed by atoms with Gasteiger partial charge in [0.15, 0.2) is 0 Å². The molecule has 0 unspecified atom stereocenters. The molecule has 0 heterocycles. The van der Waals surface area contributed by atoms with Crippen molar-refractivity contribution >= 4 is 39.3 Å². The Morgan fingerprint density at radius 1 is 1.47 bits per heavy atom. The first-order valence-corrected chi connectivity index (χ1v) is 7.14. The minimum Gasteiger partial charge on any atom is -0.352 e. The Labute approximate surface area is 125 Å². The van der Waals surface area contributed by atoms with E-state index in [-0.39, 0.29) is 18.4 Å². The van der Waals surface area contributed by atoms with Crippen LogP contribution in [0.5, 0.6) is 0 Å². The molecule has 1 saturated carbocycles. The van der Waals surface area contributed by atoms with Crippen molar-refractivity contribution in [2.24, 2.45) is 0 Å². The second-order valence-corrected chi connectivity index (χ2v) is 5.95. The average molecular weight is 346 g/mol. The van der Waals surface area contributed by atoms with E-state index in [0.29, 0.717) is 16.6 Å². The molecule has 0 bridgehead atoms. The van der Waals surface area contributed by atoms with Gasteiger partial charge in [0.2, 0.25) is 5.91 Å². The number of nitrogens with zero attached hydrogens (tertiary/aromatic N) is 1. The molecule has 19 heavy (non-hydrogen) atoms. The van der Waals surface area contributed by atoms with Crippen molar-refractivity contribution in [2.75, 3.05) is 13.6 Å². The second-order valence-electron chi connectivity index (χ2n) is 4.63. The van der Waals surface area contributed by atoms with Gasteiger partial charge in [-0.2, -0.15) is 0 Å². The van der Waals surface area contributed by atoms with E-state index in [1.54, 1.807) is 25.2 Å². The van der Waals surface area contributed by atoms with Crippen LogP contribution in [0.3, 0.4) is 0 Å². The summed E-state index contributed by atoms with van der Waals surface area (Å²) in [7, 11) is 1.59. The van der Waals surface area contributed by atoms with Crippen LogP contribution < -0.4 is 5.32 Å². The Hall–Kier alpha value is -1.07. The summed E-state index contributed by atoms with van der Waals surface area (Å²) in [4.78, 5) is 25.2. The highest BCUT2D eigenvalue weighted by Gasteiger charge is 2.25. The van der Waals surface area contributed by atoms with Crippen molar-refractivity contribution in [2.45, 2.75) is 18.9 Å². The number of hydrogen-bond donors (Lipinski definition) is 1. The molecule has 0 radical (unpaired) electrons. The number of rotatable bonds is 4. The monoisotopic (exact) mass is 344 g/mol. The molecule has 0 aromatic heterocycles. The van der Waals surface area contributed by atoms with Crippen LogP contribution in [0.1, 0.15) is 23.2 Å². The molecule has 0 spiro atoms. The van der Waals surface area contributed by atoms with Gasteiger partial charge in [-0.15, -0.1) is 0 Å². The van der Waals surface area contributed by atoms with Crippen LogP contribution in [0.2, 0.25) is 5.02 Å². The summed E-state index contributed by atoms with van der Waals surface area (Å²) in [6.07, 6.45) is 2.06. The standard InChI is InChI=1S/C13H14BrClN2O2/c1-17(7-12(18)16-9-3-4-9)13(19)10-6-8(14)2-5-11(10)15/h2,5-6,9H,3-4,7H2,1H3,(H,16,18). The third-order valence-electron chi connectivity index (χ3n) is 2.83. The van der Waals surface area contributed by atoms with Gasteiger partial charge in [0, 0.05) is 17.6 Å². The lowest BCUT2D eigenvalue weighted by Crippen LogP contribution is -2.39. The maximum Gasteiger partial charge on any atom is 0.255 e. The number of halogens is 2. The zero-order chi connectivity index (χ0) is 14.0. The molecular formula is C13H14BrClN2O2. The van der Waals surface area contributed by atoms with Crippen LogP contribution in [0.4, 0.5) is 0 Å². The zero-order valence-electron chi connectivity index (χ0n) is 10.5. The van der Waals surface area contributed by atoms with Crippen LogP contribution in [-0.4, -0.2) is 36.3 Å². The van der Waals surface area contributed by atoms with Crippen LogP contribution >= 0.6 is 27.5 Å². The summed E-state index contributed by atoms with van der Waals surface area (Å²) in [5, 5.41) is 3.22. The first-order chi connectivity index (χ1) is 8.97. The smallest absolute Gasteiger partial charge is 0.255 e. The topological polar surface area (TPSA) is 49.4 Å². The molecule has 1 aromatic rings. The van der Waals surface area contributed by atoms with Crippen molar-refractivity contribution in [3.63, 3.8) is 0 Å². The highest BCUT2D eigenvalue weighted by atomic mass is 79.9. The van der Waals surface area contributed by atoms with Gasteiger partial charge in [0.1, 0.15) is 0 Å². The lowest BCUT2D eigenvalue weighted by molar-refractivity contribution is -0.121. The molecule has 0 atom stereocenters. The minimum absolute atomic E-state index is 0.0399. The van der Waals surface area contributed by atoms with Gasteiger partial charge >= 0.3 is 0 Å². The van der Waals surface area contributed by atoms with E-state index in [2.05, 4.69) is 21.2 Å². The average Bonchev–Trinajstić information content (AvgIpc) is 3.15. The number of benzene rings is 1. The van der Waals surface area contributed by atoms with Gasteiger partial charge in [-0.05, 0) is 31.0 Å². The molecule has 6 heteroatoms. The Kier molecular flexibility index (Phi) is 4.47. The zero-order valence-corrected chi connectivity index (χ0v) is 12.8. The number of carbonyl (C=O) groups excluding carboxylic acids is 2. The summed E-state index contributed by atoms with van der Waals surface area (Å²) in [5.74, 6) is -0.401. The van der Waals surface area contributed by atoms with Gasteiger partial charge in [-0.3, -0.25) is 9.59 Å². The maximum absolute atomic E-state index is 12.2. The van der Waals surface area contributed by atoms with Crippen molar-refractivity contribution in [3.05, 3.63) is 33.3 Å². The fraction of sp³-hybridized carbons (Fsp3) is 0.385. The van der Waals surface area contributed by atoms with Gasteiger partial charge < -0.3 is 10.2 Å². The van der Waals surface area contributed by atoms with Gasteiger partial charge in [-0.1, -0.05) is 27.5 Å². The molecule has 1 aliphatic rings. The maximum atomic E-state index is 12.2. The third-order valence-corrected chi connectivity index (χ3v) is 3.65. The van der Waals surface area contributed by atoms with E-state index >= 15 is 0 Å². The predicted octanol–water partition coefficient (Wildman–Crippen LogP) is 2.45. The van der Waals surface area contributed by atoms with Crippen LogP contribution in [-0.2, 0) is 4.79 Å². The normalized spacial score (nSPS) is 14.1. The highest BCUT2D eigenvalue weighted by Crippen LogP contribution is 2.22. The van der Waals surface area contributed by atoms with Crippen molar-refractivity contribution in [1.29, 1.82) is 0 Å². The van der Waals surface area contributed by atoms with E-state index in [1.165, 1.54) is 4.90 Å². The van der Waals surface area contributed by atoms with Gasteiger partial charge in [0.05, 0.1) is 17.1 Å². The summed E-state index contributed by atoms with van der Waals surface area (Å²) in [5.41, 5.74) is 0.387. The van der Waals surface area contributed by atoms with Gasteiger partial charge in [-0.25, -0.2) is 0 Å². The first kappa shape index (κ1) is 14.3. The van der Waals surface area contributed by atoms with E-state index < -0.39 is 0 Å². The summed E-state index contributed by atoms with van der Waals surface area (Å²) in [6, 6.07) is 5.36. The van der Waals surface area contributed by atoms with E-state index in [4.69, 9.17) is 11.6 Å². The highest BCUT2D eigenvalue weighted by molar-refractivity contribution is 9.10. The van der Waals surface area contributed by atoms with Crippen molar-refractivity contribution in [3.8, 4) is 0 Å². The first-order valence-electron chi connectivity index (χ1n) is 5.97. The molecule has 2 rings (SSSR count). The Balaban J connectivity index is 2.01. The number of carbonyl (C=O) groups is 2. The van der Waals surface area contributed by atoms with Crippen molar-refractivity contribution in [1.82, 2.24) is 10.2 Å². The summed E-state index contributed by atoms with van der Waals surface area (Å²) >= 11 is 9.29. The molecular weight excluding hydrogens is 332 g/mol. The van der Waals surface area contributed by atoms with Gasteiger partial charge in [0.25, 0.3) is 5.91 Å². The molecule has 4 nitrogen and oxygen atoms in total. The molecule has 1 N–H and O–H groups in total. The largest absolute Gasteiger partial charge is 0.352 e. The molecule has 1 aromatic carbocycles. The molecule has 1 fully saturated rings. The number of amides is 2. The SMILES string of the molecule is CN(CC(=O)NC1CC1)C(=O)c1cc(Br)ccc1Cl. The van der Waals surface area contributed by atoms with Crippen LogP contribution in [0, 0.1) is 0 Å². The van der Waals surface area contributed by atoms with Crippen LogP contribution in [0.25, 0.3) is 0 Å². The number of nitrogens with one attached hydrogen (secondary N) is 1. The number of hydrogen-bond acceptors (Lipinski definition) is 2. The fourth-order valence-corrected chi connectivity index (χ4v) is 2.21. The Morgan fingerprint density at radius 2 is 2.16 bits per heavy atom. The quantitative estimate of drug-likeness (QED) is 0.911. The second kappa shape index (κ2) is 5.92. The Morgan fingerprint density at radius 3 is 2.79 bits per heavy atom. The third kappa shape index (κ3) is 3.94. The van der Waals surface area contributed by atoms with E-state index in [1.807, 2.05) is 0 Å². The Bertz CT molecular complexity index is 517. The predicted molar refractivity (Wildman–Crippen MR) is 77.3 cm³/mol. The fourth-order valence-electron chi connectivity index (χ4n) is 1.66. The van der Waals surface area contributed by atoms with E-state index in [9.17, 15) is 9.59 Å². The lowest BCUT2D eigenvalue weighted by atomic mass is 10.2. The number of likely N-dealkylation sites (N-methyl/N-ethyl adjacent to an activating group) is 1. The molecule has 102 valence electrons. The molecule has 0 aliphatic heterocycles. The summed E-state index contributed by atoms with van der Waals surface area (Å²) in [6.45, 7) is 0.0399. The minimum atomic E-state index is -0.266. The molecule has 2 amide bonds. The summed E-state index contributed by atoms with van der Waals surface area (Å²) < 4.78 is 0.774. The molecule has 1 aliphatic carbocycles. The van der Waals surface area contributed by atoms with Crippen molar-refractivity contribution < 1.29 is 9.59 Å². The molecule has 0 saturated heterocycles.